The molecule has 1 aliphatic heterocycles. The molecule has 0 aliphatic carbocycles. The second kappa shape index (κ2) is 3.66. The van der Waals surface area contributed by atoms with Crippen molar-refractivity contribution >= 4 is 11.5 Å². The third kappa shape index (κ3) is 1.69. The van der Waals surface area contributed by atoms with E-state index in [-0.39, 0.29) is 5.78 Å². The van der Waals surface area contributed by atoms with Gasteiger partial charge >= 0.3 is 0 Å². The molecule has 0 amide bonds. The summed E-state index contributed by atoms with van der Waals surface area (Å²) in [5.74, 6) is 0.274. The predicted octanol–water partition coefficient (Wildman–Crippen LogP) is 2.29. The molecule has 0 spiro atoms. The first-order valence-corrected chi connectivity index (χ1v) is 4.78. The highest BCUT2D eigenvalue weighted by Crippen LogP contribution is 2.21. The van der Waals surface area contributed by atoms with Crippen molar-refractivity contribution in [2.45, 2.75) is 13.3 Å². The Morgan fingerprint density at radius 2 is 2.07 bits per heavy atom. The Balaban J connectivity index is 2.31. The van der Waals surface area contributed by atoms with Crippen LogP contribution < -0.4 is 4.90 Å². The number of allylic oxidation sites excluding steroid dienone is 1. The maximum absolute atomic E-state index is 11.3. The molecule has 0 radical (unpaired) electrons. The molecule has 0 unspecified atom stereocenters. The Morgan fingerprint density at radius 3 is 2.79 bits per heavy atom. The molecule has 1 heterocycles. The van der Waals surface area contributed by atoms with E-state index in [9.17, 15) is 4.79 Å². The van der Waals surface area contributed by atoms with Gasteiger partial charge in [-0.2, -0.15) is 0 Å². The summed E-state index contributed by atoms with van der Waals surface area (Å²) in [5.41, 5.74) is 2.32. The lowest BCUT2D eigenvalue weighted by Gasteiger charge is -2.24. The molecule has 1 aromatic carbocycles. The highest BCUT2D eigenvalue weighted by molar-refractivity contribution is 5.87. The smallest absolute Gasteiger partial charge is 0.156 e. The third-order valence-corrected chi connectivity index (χ3v) is 2.40. The van der Waals surface area contributed by atoms with Gasteiger partial charge in [0.2, 0.25) is 0 Å². The highest BCUT2D eigenvalue weighted by Gasteiger charge is 2.13. The quantitative estimate of drug-likeness (QED) is 0.672. The molecule has 14 heavy (non-hydrogen) atoms. The molecule has 0 atom stereocenters. The zero-order chi connectivity index (χ0) is 9.97. The maximum atomic E-state index is 11.3. The second-order valence-corrected chi connectivity index (χ2v) is 3.54. The number of Topliss-reactive ketones (excluding diaryl/α,β-unsaturated/α-hetero) is 1. The fraction of sp³-hybridized carbons (Fsp3) is 0.250. The van der Waals surface area contributed by atoms with Crippen LogP contribution in [0.25, 0.3) is 0 Å². The first-order chi connectivity index (χ1) is 6.77. The molecule has 0 saturated carbocycles. The van der Waals surface area contributed by atoms with Gasteiger partial charge in [0.25, 0.3) is 0 Å². The standard InChI is InChI=1S/C12H13NO/c1-10-5-2-3-7-12(10)13-8-4-6-11(14)9-13/h2-5,7-8H,6,9H2,1H3. The fourth-order valence-electron chi connectivity index (χ4n) is 1.67. The molecule has 0 aromatic heterocycles. The topological polar surface area (TPSA) is 20.3 Å². The average molecular weight is 187 g/mol. The molecule has 1 aliphatic rings. The summed E-state index contributed by atoms with van der Waals surface area (Å²) < 4.78 is 0. The van der Waals surface area contributed by atoms with E-state index in [1.165, 1.54) is 5.56 Å². The van der Waals surface area contributed by atoms with E-state index in [0.717, 1.165) is 5.69 Å². The van der Waals surface area contributed by atoms with Gasteiger partial charge in [0.05, 0.1) is 6.54 Å². The van der Waals surface area contributed by atoms with Crippen LogP contribution in [0.5, 0.6) is 0 Å². The molecule has 72 valence electrons. The van der Waals surface area contributed by atoms with E-state index in [1.54, 1.807) is 0 Å². The average Bonchev–Trinajstić information content (AvgIpc) is 2.18. The van der Waals surface area contributed by atoms with Crippen molar-refractivity contribution < 1.29 is 4.79 Å². The minimum absolute atomic E-state index is 0.274. The van der Waals surface area contributed by atoms with Crippen LogP contribution in [0.15, 0.2) is 36.5 Å². The Labute approximate surface area is 83.8 Å². The van der Waals surface area contributed by atoms with Crippen molar-refractivity contribution in [1.82, 2.24) is 0 Å². The molecule has 0 bridgehead atoms. The van der Waals surface area contributed by atoms with E-state index in [0.29, 0.717) is 13.0 Å². The Morgan fingerprint density at radius 1 is 1.29 bits per heavy atom. The van der Waals surface area contributed by atoms with Crippen LogP contribution in [0.2, 0.25) is 0 Å². The van der Waals surface area contributed by atoms with Crippen molar-refractivity contribution in [3.63, 3.8) is 0 Å². The number of benzene rings is 1. The van der Waals surface area contributed by atoms with Crippen LogP contribution in [-0.4, -0.2) is 12.3 Å². The molecule has 2 rings (SSSR count). The predicted molar refractivity (Wildman–Crippen MR) is 57.3 cm³/mol. The van der Waals surface area contributed by atoms with E-state index in [2.05, 4.69) is 13.0 Å². The molecular formula is C12H13NO. The monoisotopic (exact) mass is 187 g/mol. The molecule has 2 heteroatoms. The number of ketones is 1. The number of para-hydroxylation sites is 1. The summed E-state index contributed by atoms with van der Waals surface area (Å²) in [6.07, 6.45) is 4.48. The Bertz CT molecular complexity index is 382. The van der Waals surface area contributed by atoms with E-state index >= 15 is 0 Å². The van der Waals surface area contributed by atoms with Gasteiger partial charge in [0.1, 0.15) is 0 Å². The van der Waals surface area contributed by atoms with Crippen LogP contribution in [-0.2, 0) is 4.79 Å². The van der Waals surface area contributed by atoms with Crippen LogP contribution >= 0.6 is 0 Å². The van der Waals surface area contributed by atoms with Crippen molar-refractivity contribution in [3.8, 4) is 0 Å². The van der Waals surface area contributed by atoms with Crippen molar-refractivity contribution in [1.29, 1.82) is 0 Å². The molecule has 0 fully saturated rings. The molecule has 1 aromatic rings. The molecule has 2 nitrogen and oxygen atoms in total. The second-order valence-electron chi connectivity index (χ2n) is 3.54. The number of anilines is 1. The molecule has 0 saturated heterocycles. The van der Waals surface area contributed by atoms with Gasteiger partial charge in [-0.15, -0.1) is 0 Å². The summed E-state index contributed by atoms with van der Waals surface area (Å²) in [6, 6.07) is 8.10. The Kier molecular flexibility index (Phi) is 2.35. The number of carbonyl (C=O) groups is 1. The molecular weight excluding hydrogens is 174 g/mol. The van der Waals surface area contributed by atoms with Crippen LogP contribution in [0.3, 0.4) is 0 Å². The number of rotatable bonds is 1. The van der Waals surface area contributed by atoms with Crippen molar-refractivity contribution in [2.75, 3.05) is 11.4 Å². The van der Waals surface area contributed by atoms with E-state index in [4.69, 9.17) is 0 Å². The van der Waals surface area contributed by atoms with Crippen LogP contribution in [0.1, 0.15) is 12.0 Å². The molecule has 0 N–H and O–H groups in total. The highest BCUT2D eigenvalue weighted by atomic mass is 16.1. The maximum Gasteiger partial charge on any atom is 0.156 e. The lowest BCUT2D eigenvalue weighted by Crippen LogP contribution is -2.27. The summed E-state index contributed by atoms with van der Waals surface area (Å²) >= 11 is 0. The normalized spacial score (nSPS) is 16.1. The number of hydrogen-bond donors (Lipinski definition) is 0. The van der Waals surface area contributed by atoms with Gasteiger partial charge in [0, 0.05) is 18.3 Å². The number of hydrogen-bond acceptors (Lipinski definition) is 2. The summed E-state index contributed by atoms with van der Waals surface area (Å²) in [7, 11) is 0. The summed E-state index contributed by atoms with van der Waals surface area (Å²) in [4.78, 5) is 13.3. The number of aryl methyl sites for hydroxylation is 1. The van der Waals surface area contributed by atoms with Crippen molar-refractivity contribution in [3.05, 3.63) is 42.1 Å². The largest absolute Gasteiger partial charge is 0.341 e. The zero-order valence-corrected chi connectivity index (χ0v) is 8.23. The first kappa shape index (κ1) is 9.00. The van der Waals surface area contributed by atoms with Crippen molar-refractivity contribution in [2.24, 2.45) is 0 Å². The summed E-state index contributed by atoms with van der Waals surface area (Å²) in [5, 5.41) is 0. The Hall–Kier alpha value is -1.57. The van der Waals surface area contributed by atoms with Gasteiger partial charge in [-0.3, -0.25) is 4.79 Å². The van der Waals surface area contributed by atoms with Gasteiger partial charge in [-0.25, -0.2) is 0 Å². The third-order valence-electron chi connectivity index (χ3n) is 2.40. The minimum Gasteiger partial charge on any atom is -0.341 e. The first-order valence-electron chi connectivity index (χ1n) is 4.78. The summed E-state index contributed by atoms with van der Waals surface area (Å²) in [6.45, 7) is 2.56. The number of carbonyl (C=O) groups excluding carboxylic acids is 1. The SMILES string of the molecule is Cc1ccccc1N1C=CCC(=O)C1. The lowest BCUT2D eigenvalue weighted by atomic mass is 10.1. The minimum atomic E-state index is 0.274. The number of nitrogens with zero attached hydrogens (tertiary/aromatic N) is 1. The van der Waals surface area contributed by atoms with Gasteiger partial charge < -0.3 is 4.90 Å². The van der Waals surface area contributed by atoms with Gasteiger partial charge in [-0.05, 0) is 18.6 Å². The fourth-order valence-corrected chi connectivity index (χ4v) is 1.67. The zero-order valence-electron chi connectivity index (χ0n) is 8.23. The van der Waals surface area contributed by atoms with E-state index in [1.807, 2.05) is 35.4 Å². The van der Waals surface area contributed by atoms with E-state index < -0.39 is 0 Å². The van der Waals surface area contributed by atoms with Crippen LogP contribution in [0, 0.1) is 6.92 Å². The van der Waals surface area contributed by atoms with Gasteiger partial charge in [-0.1, -0.05) is 24.3 Å². The van der Waals surface area contributed by atoms with Gasteiger partial charge in [0.15, 0.2) is 5.78 Å². The van der Waals surface area contributed by atoms with Crippen LogP contribution in [0.4, 0.5) is 5.69 Å². The lowest BCUT2D eigenvalue weighted by molar-refractivity contribution is -0.117.